The maximum Gasteiger partial charge on any atom is 0.419 e. The van der Waals surface area contributed by atoms with Crippen molar-refractivity contribution in [3.8, 4) is 0 Å². The van der Waals surface area contributed by atoms with E-state index < -0.39 is 17.5 Å². The SMILES string of the molecule is CNS(=O)(=S)[N+](C)(c1ccccc1)C(F)(Cl)Cl. The maximum absolute atomic E-state index is 14.0. The van der Waals surface area contributed by atoms with Crippen molar-refractivity contribution in [1.29, 1.82) is 0 Å². The van der Waals surface area contributed by atoms with E-state index in [1.54, 1.807) is 30.3 Å². The van der Waals surface area contributed by atoms with Gasteiger partial charge in [-0.15, -0.1) is 8.28 Å². The Kier molecular flexibility index (Phi) is 4.39. The molecule has 1 rings (SSSR count). The molecule has 0 saturated carbocycles. The van der Waals surface area contributed by atoms with Crippen molar-refractivity contribution in [1.82, 2.24) is 8.61 Å². The first-order valence-electron chi connectivity index (χ1n) is 4.59. The van der Waals surface area contributed by atoms with Crippen LogP contribution in [0.3, 0.4) is 0 Å². The molecule has 1 N–H and O–H groups in total. The summed E-state index contributed by atoms with van der Waals surface area (Å²) in [5.41, 5.74) is 0.314. The molecular weight excluding hydrogens is 306 g/mol. The molecule has 96 valence electrons. The monoisotopic (exact) mass is 317 g/mol. The molecule has 0 radical (unpaired) electrons. The molecule has 1 aromatic rings. The fourth-order valence-corrected chi connectivity index (χ4v) is 3.94. The minimum absolute atomic E-state index is 0.314. The highest BCUT2D eigenvalue weighted by Gasteiger charge is 2.55. The molecule has 0 saturated heterocycles. The highest BCUT2D eigenvalue weighted by Crippen LogP contribution is 2.41. The summed E-state index contributed by atoms with van der Waals surface area (Å²) in [4.78, 5) is 0. The van der Waals surface area contributed by atoms with Crippen LogP contribution < -0.4 is 8.61 Å². The van der Waals surface area contributed by atoms with Crippen LogP contribution in [0.25, 0.3) is 0 Å². The second kappa shape index (κ2) is 4.95. The maximum atomic E-state index is 14.0. The van der Waals surface area contributed by atoms with E-state index >= 15 is 0 Å². The smallest absolute Gasteiger partial charge is 0.195 e. The number of para-hydroxylation sites is 1. The molecule has 17 heavy (non-hydrogen) atoms. The number of hydrogen-bond donors (Lipinski definition) is 1. The minimum Gasteiger partial charge on any atom is -0.195 e. The highest BCUT2D eigenvalue weighted by molar-refractivity contribution is 8.31. The minimum atomic E-state index is -3.29. The van der Waals surface area contributed by atoms with E-state index in [4.69, 9.17) is 34.4 Å². The number of halogens is 3. The third-order valence-corrected chi connectivity index (χ3v) is 6.68. The van der Waals surface area contributed by atoms with Crippen molar-refractivity contribution >= 4 is 48.9 Å². The predicted molar refractivity (Wildman–Crippen MR) is 74.3 cm³/mol. The topological polar surface area (TPSA) is 29.1 Å². The first kappa shape index (κ1) is 15.1. The van der Waals surface area contributed by atoms with Gasteiger partial charge in [0.15, 0.2) is 5.69 Å². The molecular formula is C9H12Cl2FN2OS2+. The van der Waals surface area contributed by atoms with E-state index in [1.165, 1.54) is 14.1 Å². The third-order valence-electron chi connectivity index (χ3n) is 2.47. The van der Waals surface area contributed by atoms with Crippen molar-refractivity contribution in [2.45, 2.75) is 4.71 Å². The van der Waals surface area contributed by atoms with Crippen LogP contribution in [0.4, 0.5) is 10.1 Å². The number of benzene rings is 1. The summed E-state index contributed by atoms with van der Waals surface area (Å²) in [6, 6.07) is 8.17. The van der Waals surface area contributed by atoms with Gasteiger partial charge in [-0.05, 0) is 0 Å². The summed E-state index contributed by atoms with van der Waals surface area (Å²) in [7, 11) is -0.640. The largest absolute Gasteiger partial charge is 0.419 e. The lowest BCUT2D eigenvalue weighted by Crippen LogP contribution is -2.62. The summed E-state index contributed by atoms with van der Waals surface area (Å²) in [6.07, 6.45) is 0. The van der Waals surface area contributed by atoms with Gasteiger partial charge in [0.05, 0.1) is 18.2 Å². The number of alkyl halides is 3. The van der Waals surface area contributed by atoms with Gasteiger partial charge in [-0.1, -0.05) is 18.2 Å². The average Bonchev–Trinajstić information content (AvgIpc) is 2.27. The Labute approximate surface area is 115 Å². The molecule has 0 amide bonds. The van der Waals surface area contributed by atoms with Crippen LogP contribution in [0.5, 0.6) is 0 Å². The van der Waals surface area contributed by atoms with E-state index in [-0.39, 0.29) is 0 Å². The first-order chi connectivity index (χ1) is 7.67. The molecule has 0 aliphatic heterocycles. The molecule has 3 nitrogen and oxygen atoms in total. The van der Waals surface area contributed by atoms with Crippen molar-refractivity contribution in [3.63, 3.8) is 0 Å². The lowest BCUT2D eigenvalue weighted by atomic mass is 10.3. The van der Waals surface area contributed by atoms with Crippen LogP contribution in [-0.2, 0) is 20.1 Å². The summed E-state index contributed by atoms with van der Waals surface area (Å²) >= 11 is 15.9. The molecule has 0 bridgehead atoms. The second-order valence-electron chi connectivity index (χ2n) is 3.41. The molecule has 0 fully saturated rings. The number of nitrogens with zero attached hydrogens (tertiary/aromatic N) is 1. The van der Waals surface area contributed by atoms with Gasteiger partial charge in [0.2, 0.25) is 0 Å². The molecule has 0 aliphatic rings. The zero-order chi connectivity index (χ0) is 13.3. The van der Waals surface area contributed by atoms with E-state index in [1.807, 2.05) is 0 Å². The molecule has 2 atom stereocenters. The molecule has 0 heterocycles. The van der Waals surface area contributed by atoms with Crippen LogP contribution in [-0.4, -0.2) is 23.0 Å². The lowest BCUT2D eigenvalue weighted by Gasteiger charge is -2.37. The van der Waals surface area contributed by atoms with Gasteiger partial charge in [-0.3, -0.25) is 0 Å². The Morgan fingerprint density at radius 1 is 1.41 bits per heavy atom. The van der Waals surface area contributed by atoms with Gasteiger partial charge in [-0.2, -0.15) is 8.93 Å². The van der Waals surface area contributed by atoms with Gasteiger partial charge in [0.1, 0.15) is 0 Å². The van der Waals surface area contributed by atoms with Crippen molar-refractivity contribution in [2.75, 3.05) is 14.1 Å². The molecule has 8 heteroatoms. The fourth-order valence-electron chi connectivity index (χ4n) is 1.32. The summed E-state index contributed by atoms with van der Waals surface area (Å²) in [5, 5.41) is 0. The van der Waals surface area contributed by atoms with E-state index in [0.717, 1.165) is 0 Å². The predicted octanol–water partition coefficient (Wildman–Crippen LogP) is 2.48. The molecule has 1 aromatic carbocycles. The van der Waals surface area contributed by atoms with Crippen molar-refractivity contribution in [2.24, 2.45) is 0 Å². The highest BCUT2D eigenvalue weighted by atomic mass is 35.5. The summed E-state index contributed by atoms with van der Waals surface area (Å²) in [5.74, 6) is 0. The molecule has 0 spiro atoms. The Morgan fingerprint density at radius 3 is 2.24 bits per heavy atom. The summed E-state index contributed by atoms with van der Waals surface area (Å²) < 4.78 is 24.9. The van der Waals surface area contributed by atoms with Crippen LogP contribution >= 0.6 is 23.2 Å². The average molecular weight is 318 g/mol. The summed E-state index contributed by atoms with van der Waals surface area (Å²) in [6.45, 7) is 0. The first-order valence-corrected chi connectivity index (χ1v) is 7.79. The Hall–Kier alpha value is 0.0200. The van der Waals surface area contributed by atoms with Gasteiger partial charge >= 0.3 is 4.71 Å². The van der Waals surface area contributed by atoms with E-state index in [9.17, 15) is 8.60 Å². The van der Waals surface area contributed by atoms with Crippen molar-refractivity contribution in [3.05, 3.63) is 30.3 Å². The van der Waals surface area contributed by atoms with Gasteiger partial charge in [-0.25, -0.2) is 0 Å². The number of rotatable bonds is 4. The number of nitrogens with one attached hydrogen (secondary N) is 1. The van der Waals surface area contributed by atoms with Crippen LogP contribution in [0.15, 0.2) is 30.3 Å². The zero-order valence-electron chi connectivity index (χ0n) is 9.19. The van der Waals surface area contributed by atoms with Crippen LogP contribution in [0.2, 0.25) is 0 Å². The quantitative estimate of drug-likeness (QED) is 0.525. The molecule has 0 aliphatic carbocycles. The Bertz CT molecular complexity index is 489. The third kappa shape index (κ3) is 2.57. The molecule has 2 unspecified atom stereocenters. The second-order valence-corrected chi connectivity index (χ2v) is 8.05. The normalized spacial score (nSPS) is 19.4. The van der Waals surface area contributed by atoms with Crippen LogP contribution in [0, 0.1) is 0 Å². The zero-order valence-corrected chi connectivity index (χ0v) is 12.3. The Morgan fingerprint density at radius 2 is 1.88 bits per heavy atom. The Balaban J connectivity index is 3.54. The van der Waals surface area contributed by atoms with Gasteiger partial charge in [0, 0.05) is 42.4 Å². The van der Waals surface area contributed by atoms with Crippen molar-refractivity contribution < 1.29 is 8.60 Å². The number of quaternary nitrogens is 1. The fraction of sp³-hybridized carbons (Fsp3) is 0.333. The van der Waals surface area contributed by atoms with Crippen LogP contribution in [0.1, 0.15) is 0 Å². The lowest BCUT2D eigenvalue weighted by molar-refractivity contribution is 0.241. The van der Waals surface area contributed by atoms with Gasteiger partial charge < -0.3 is 0 Å². The van der Waals surface area contributed by atoms with E-state index in [2.05, 4.69) is 4.72 Å². The van der Waals surface area contributed by atoms with E-state index in [0.29, 0.717) is 5.69 Å². The van der Waals surface area contributed by atoms with Gasteiger partial charge in [0.25, 0.3) is 8.86 Å². The molecule has 0 aromatic heterocycles. The standard InChI is InChI=1S/C9H12Cl2FN2OS2/c1-13-17(15,16)14(2,9(10,11)12)8-6-4-3-5-7-8/h3-7,13H,1-2H3/q+1. The number of hydrogen-bond acceptors (Lipinski definition) is 2.